The van der Waals surface area contributed by atoms with Crippen molar-refractivity contribution in [1.82, 2.24) is 4.98 Å². The van der Waals surface area contributed by atoms with Gasteiger partial charge in [-0.25, -0.2) is 4.98 Å². The molecule has 1 aliphatic rings. The lowest BCUT2D eigenvalue weighted by Crippen LogP contribution is -2.24. The summed E-state index contributed by atoms with van der Waals surface area (Å²) in [5.74, 6) is 2.04. The largest absolute Gasteiger partial charge is 0.474 e. The third kappa shape index (κ3) is 3.61. The second-order valence-corrected chi connectivity index (χ2v) is 5.57. The number of aryl methyl sites for hydroxylation is 1. The minimum Gasteiger partial charge on any atom is -0.474 e. The summed E-state index contributed by atoms with van der Waals surface area (Å²) in [5, 5.41) is 0. The Kier molecular flexibility index (Phi) is 4.87. The van der Waals surface area contributed by atoms with Crippen LogP contribution in [0.1, 0.15) is 50.8 Å². The van der Waals surface area contributed by atoms with Crippen LogP contribution in [0.3, 0.4) is 0 Å². The van der Waals surface area contributed by atoms with Crippen LogP contribution >= 0.6 is 11.6 Å². The summed E-state index contributed by atoms with van der Waals surface area (Å²) in [6.45, 7) is 4.41. The number of hydrogen-bond donors (Lipinski definition) is 0. The van der Waals surface area contributed by atoms with Crippen molar-refractivity contribution in [3.8, 4) is 5.88 Å². The van der Waals surface area contributed by atoms with Gasteiger partial charge in [0.25, 0.3) is 0 Å². The SMILES string of the molecule is CCc1cc(CCl)cc(OC2CCCC(C)C2)n1. The fraction of sp³-hybridized carbons (Fsp3) is 0.667. The zero-order valence-corrected chi connectivity index (χ0v) is 12.0. The standard InChI is InChI=1S/C15H22ClNO/c1-3-13-8-12(10-16)9-15(17-13)18-14-6-4-5-11(2)7-14/h8-9,11,14H,3-7,10H2,1-2H3. The van der Waals surface area contributed by atoms with E-state index in [1.54, 1.807) is 0 Å². The molecule has 1 aliphatic carbocycles. The average Bonchev–Trinajstić information content (AvgIpc) is 2.38. The lowest BCUT2D eigenvalue weighted by Gasteiger charge is -2.27. The molecule has 1 heterocycles. The third-order valence-corrected chi connectivity index (χ3v) is 3.92. The second-order valence-electron chi connectivity index (χ2n) is 5.30. The Hall–Kier alpha value is -0.760. The number of aromatic nitrogens is 1. The Balaban J connectivity index is 2.07. The smallest absolute Gasteiger partial charge is 0.214 e. The molecule has 18 heavy (non-hydrogen) atoms. The molecule has 0 spiro atoms. The van der Waals surface area contributed by atoms with E-state index in [9.17, 15) is 0 Å². The number of hydrogen-bond acceptors (Lipinski definition) is 2. The molecule has 0 amide bonds. The van der Waals surface area contributed by atoms with Crippen LogP contribution in [0, 0.1) is 5.92 Å². The monoisotopic (exact) mass is 267 g/mol. The molecule has 0 aromatic carbocycles. The first-order valence-corrected chi connectivity index (χ1v) is 7.47. The van der Waals surface area contributed by atoms with Crippen molar-refractivity contribution in [2.45, 2.75) is 57.9 Å². The van der Waals surface area contributed by atoms with E-state index in [0.717, 1.165) is 42.3 Å². The van der Waals surface area contributed by atoms with Gasteiger partial charge in [-0.15, -0.1) is 11.6 Å². The molecule has 100 valence electrons. The summed E-state index contributed by atoms with van der Waals surface area (Å²) < 4.78 is 6.04. The highest BCUT2D eigenvalue weighted by atomic mass is 35.5. The zero-order chi connectivity index (χ0) is 13.0. The van der Waals surface area contributed by atoms with Gasteiger partial charge in [-0.2, -0.15) is 0 Å². The fourth-order valence-corrected chi connectivity index (χ4v) is 2.75. The van der Waals surface area contributed by atoms with Crippen LogP contribution in [0.2, 0.25) is 0 Å². The Morgan fingerprint density at radius 2 is 2.22 bits per heavy atom. The molecule has 2 atom stereocenters. The fourth-order valence-electron chi connectivity index (χ4n) is 2.60. The maximum absolute atomic E-state index is 6.04. The minimum atomic E-state index is 0.330. The maximum Gasteiger partial charge on any atom is 0.214 e. The van der Waals surface area contributed by atoms with Gasteiger partial charge in [0.15, 0.2) is 0 Å². The zero-order valence-electron chi connectivity index (χ0n) is 11.3. The van der Waals surface area contributed by atoms with Crippen LogP contribution in [-0.4, -0.2) is 11.1 Å². The molecule has 3 heteroatoms. The summed E-state index contributed by atoms with van der Waals surface area (Å²) >= 11 is 5.91. The molecular formula is C15H22ClNO. The average molecular weight is 268 g/mol. The first kappa shape index (κ1) is 13.7. The van der Waals surface area contributed by atoms with E-state index in [1.165, 1.54) is 12.8 Å². The van der Waals surface area contributed by atoms with Crippen LogP contribution in [-0.2, 0) is 12.3 Å². The highest BCUT2D eigenvalue weighted by molar-refractivity contribution is 6.17. The van der Waals surface area contributed by atoms with Crippen molar-refractivity contribution in [2.24, 2.45) is 5.92 Å². The van der Waals surface area contributed by atoms with Crippen LogP contribution < -0.4 is 4.74 Å². The predicted octanol–water partition coefficient (Wildman–Crippen LogP) is 4.34. The molecule has 1 aromatic heterocycles. The van der Waals surface area contributed by atoms with Crippen LogP contribution in [0.25, 0.3) is 0 Å². The van der Waals surface area contributed by atoms with E-state index in [-0.39, 0.29) is 0 Å². The molecule has 0 aliphatic heterocycles. The molecule has 0 saturated heterocycles. The molecule has 0 radical (unpaired) electrons. The summed E-state index contributed by atoms with van der Waals surface area (Å²) in [4.78, 5) is 4.54. The van der Waals surface area contributed by atoms with Crippen molar-refractivity contribution in [1.29, 1.82) is 0 Å². The van der Waals surface area contributed by atoms with Crippen molar-refractivity contribution in [2.75, 3.05) is 0 Å². The van der Waals surface area contributed by atoms with Crippen molar-refractivity contribution in [3.63, 3.8) is 0 Å². The van der Waals surface area contributed by atoms with Gasteiger partial charge in [-0.1, -0.05) is 20.3 Å². The highest BCUT2D eigenvalue weighted by Crippen LogP contribution is 2.27. The third-order valence-electron chi connectivity index (χ3n) is 3.61. The number of alkyl halides is 1. The summed E-state index contributed by atoms with van der Waals surface area (Å²) in [6, 6.07) is 4.04. The molecule has 1 fully saturated rings. The molecule has 0 N–H and O–H groups in total. The minimum absolute atomic E-state index is 0.330. The number of pyridine rings is 1. The van der Waals surface area contributed by atoms with Gasteiger partial charge in [0.2, 0.25) is 5.88 Å². The van der Waals surface area contributed by atoms with E-state index < -0.39 is 0 Å². The van der Waals surface area contributed by atoms with Crippen molar-refractivity contribution < 1.29 is 4.74 Å². The first-order valence-electron chi connectivity index (χ1n) is 6.93. The van der Waals surface area contributed by atoms with Gasteiger partial charge in [0.1, 0.15) is 6.10 Å². The maximum atomic E-state index is 6.04. The number of halogens is 1. The van der Waals surface area contributed by atoms with Crippen LogP contribution in [0.5, 0.6) is 5.88 Å². The van der Waals surface area contributed by atoms with E-state index in [4.69, 9.17) is 16.3 Å². The summed E-state index contributed by atoms with van der Waals surface area (Å²) in [5.41, 5.74) is 2.16. The van der Waals surface area contributed by atoms with E-state index in [2.05, 4.69) is 24.9 Å². The Morgan fingerprint density at radius 3 is 2.89 bits per heavy atom. The lowest BCUT2D eigenvalue weighted by atomic mass is 9.89. The molecule has 1 aromatic rings. The van der Waals surface area contributed by atoms with Gasteiger partial charge < -0.3 is 4.74 Å². The first-order chi connectivity index (χ1) is 8.71. The van der Waals surface area contributed by atoms with E-state index >= 15 is 0 Å². The quantitative estimate of drug-likeness (QED) is 0.757. The van der Waals surface area contributed by atoms with Gasteiger partial charge in [-0.05, 0) is 43.2 Å². The van der Waals surface area contributed by atoms with Crippen LogP contribution in [0.4, 0.5) is 0 Å². The molecular weight excluding hydrogens is 246 g/mol. The lowest BCUT2D eigenvalue weighted by molar-refractivity contribution is 0.123. The number of nitrogens with zero attached hydrogens (tertiary/aromatic N) is 1. The van der Waals surface area contributed by atoms with Gasteiger partial charge >= 0.3 is 0 Å². The molecule has 2 nitrogen and oxygen atoms in total. The van der Waals surface area contributed by atoms with Crippen molar-refractivity contribution >= 4 is 11.6 Å². The highest BCUT2D eigenvalue weighted by Gasteiger charge is 2.20. The molecule has 2 unspecified atom stereocenters. The summed E-state index contributed by atoms with van der Waals surface area (Å²) in [6.07, 6.45) is 6.14. The number of rotatable bonds is 4. The second kappa shape index (κ2) is 6.42. The van der Waals surface area contributed by atoms with Gasteiger partial charge in [0.05, 0.1) is 0 Å². The predicted molar refractivity (Wildman–Crippen MR) is 75.2 cm³/mol. The Labute approximate surface area is 115 Å². The molecule has 0 bridgehead atoms. The van der Waals surface area contributed by atoms with Gasteiger partial charge in [0, 0.05) is 17.6 Å². The molecule has 2 rings (SSSR count). The Morgan fingerprint density at radius 1 is 1.39 bits per heavy atom. The number of ether oxygens (including phenoxy) is 1. The van der Waals surface area contributed by atoms with E-state index in [0.29, 0.717) is 12.0 Å². The normalized spacial score (nSPS) is 23.9. The molecule has 1 saturated carbocycles. The Bertz CT molecular complexity index is 372. The van der Waals surface area contributed by atoms with E-state index in [1.807, 2.05) is 6.07 Å². The summed E-state index contributed by atoms with van der Waals surface area (Å²) in [7, 11) is 0. The van der Waals surface area contributed by atoms with Crippen molar-refractivity contribution in [3.05, 3.63) is 23.4 Å². The van der Waals surface area contributed by atoms with Gasteiger partial charge in [-0.3, -0.25) is 0 Å². The van der Waals surface area contributed by atoms with Crippen LogP contribution in [0.15, 0.2) is 12.1 Å². The topological polar surface area (TPSA) is 22.1 Å².